The first kappa shape index (κ1) is 15.0. The highest BCUT2D eigenvalue weighted by Gasteiger charge is 2.14. The van der Waals surface area contributed by atoms with Gasteiger partial charge >= 0.3 is 0 Å². The lowest BCUT2D eigenvalue weighted by Crippen LogP contribution is -2.36. The van der Waals surface area contributed by atoms with Crippen molar-refractivity contribution in [1.82, 2.24) is 5.48 Å². The van der Waals surface area contributed by atoms with Crippen molar-refractivity contribution in [3.63, 3.8) is 0 Å². The topological polar surface area (TPSA) is 47.6 Å². The second kappa shape index (κ2) is 7.40. The molecule has 5 heteroatoms. The Bertz CT molecular complexity index is 572. The van der Waals surface area contributed by atoms with Gasteiger partial charge in [0.2, 0.25) is 0 Å². The van der Waals surface area contributed by atoms with Gasteiger partial charge in [0.25, 0.3) is 5.91 Å². The Morgan fingerprint density at radius 3 is 2.48 bits per heavy atom. The number of hydrogen-bond acceptors (Lipinski definition) is 3. The smallest absolute Gasteiger partial charge is 0.284 e. The van der Waals surface area contributed by atoms with Gasteiger partial charge in [-0.25, -0.2) is 9.87 Å². The Balaban J connectivity index is 1.76. The molecule has 1 unspecified atom stereocenters. The summed E-state index contributed by atoms with van der Waals surface area (Å²) in [5.41, 5.74) is 3.27. The molecule has 2 aromatic carbocycles. The maximum Gasteiger partial charge on any atom is 0.284 e. The van der Waals surface area contributed by atoms with Crippen molar-refractivity contribution in [3.05, 3.63) is 66.0 Å². The normalized spacial score (nSPS) is 11.7. The van der Waals surface area contributed by atoms with E-state index < -0.39 is 12.0 Å². The minimum Gasteiger partial charge on any atom is -0.481 e. The number of carbonyl (C=O) groups excluding carboxylic acids is 1. The largest absolute Gasteiger partial charge is 0.481 e. The average molecular weight is 289 g/mol. The highest BCUT2D eigenvalue weighted by molar-refractivity contribution is 5.79. The molecule has 110 valence electrons. The molecule has 0 aromatic heterocycles. The Kier molecular flexibility index (Phi) is 5.29. The van der Waals surface area contributed by atoms with Gasteiger partial charge in [0.1, 0.15) is 11.6 Å². The van der Waals surface area contributed by atoms with Crippen molar-refractivity contribution in [2.75, 3.05) is 0 Å². The van der Waals surface area contributed by atoms with Gasteiger partial charge in [-0.3, -0.25) is 9.63 Å². The highest BCUT2D eigenvalue weighted by Crippen LogP contribution is 2.13. The van der Waals surface area contributed by atoms with Crippen LogP contribution in [-0.2, 0) is 16.2 Å². The second-order valence-electron chi connectivity index (χ2n) is 4.45. The minimum atomic E-state index is -0.744. The summed E-state index contributed by atoms with van der Waals surface area (Å²) in [7, 11) is 0. The predicted molar refractivity (Wildman–Crippen MR) is 75.9 cm³/mol. The number of hydrogen-bond donors (Lipinski definition) is 1. The van der Waals surface area contributed by atoms with E-state index in [9.17, 15) is 9.18 Å². The molecular weight excluding hydrogens is 273 g/mol. The Morgan fingerprint density at radius 1 is 1.14 bits per heavy atom. The second-order valence-corrected chi connectivity index (χ2v) is 4.45. The van der Waals surface area contributed by atoms with E-state index in [1.165, 1.54) is 24.3 Å². The van der Waals surface area contributed by atoms with Crippen molar-refractivity contribution in [3.8, 4) is 5.75 Å². The molecule has 4 nitrogen and oxygen atoms in total. The van der Waals surface area contributed by atoms with Gasteiger partial charge in [-0.05, 0) is 36.8 Å². The SMILES string of the molecule is CC(Oc1ccc(F)cc1)C(=O)NOCc1ccccc1. The molecule has 0 heterocycles. The summed E-state index contributed by atoms with van der Waals surface area (Å²) in [6.07, 6.45) is -0.744. The lowest BCUT2D eigenvalue weighted by atomic mass is 10.2. The summed E-state index contributed by atoms with van der Waals surface area (Å²) in [6.45, 7) is 1.86. The molecule has 0 aliphatic carbocycles. The maximum absolute atomic E-state index is 12.8. The molecule has 0 aliphatic rings. The number of nitrogens with one attached hydrogen (secondary N) is 1. The molecule has 0 saturated carbocycles. The lowest BCUT2D eigenvalue weighted by molar-refractivity contribution is -0.141. The van der Waals surface area contributed by atoms with E-state index in [4.69, 9.17) is 9.57 Å². The fourth-order valence-electron chi connectivity index (χ4n) is 1.62. The first-order chi connectivity index (χ1) is 10.1. The van der Waals surface area contributed by atoms with Crippen LogP contribution >= 0.6 is 0 Å². The minimum absolute atomic E-state index is 0.274. The van der Waals surface area contributed by atoms with Crippen LogP contribution in [0.25, 0.3) is 0 Å². The van der Waals surface area contributed by atoms with E-state index in [1.54, 1.807) is 6.92 Å². The number of hydroxylamine groups is 1. The van der Waals surface area contributed by atoms with E-state index in [-0.39, 0.29) is 12.4 Å². The number of amides is 1. The number of rotatable bonds is 6. The van der Waals surface area contributed by atoms with E-state index in [1.807, 2.05) is 30.3 Å². The molecule has 0 spiro atoms. The van der Waals surface area contributed by atoms with Crippen molar-refractivity contribution in [2.24, 2.45) is 0 Å². The van der Waals surface area contributed by atoms with Crippen LogP contribution in [0.4, 0.5) is 4.39 Å². The molecule has 21 heavy (non-hydrogen) atoms. The summed E-state index contributed by atoms with van der Waals surface area (Å²) >= 11 is 0. The maximum atomic E-state index is 12.8. The number of benzene rings is 2. The van der Waals surface area contributed by atoms with Crippen molar-refractivity contribution >= 4 is 5.91 Å². The molecule has 0 fully saturated rings. The Morgan fingerprint density at radius 2 is 1.81 bits per heavy atom. The van der Waals surface area contributed by atoms with E-state index in [0.717, 1.165) is 5.56 Å². The molecule has 0 saturated heterocycles. The monoisotopic (exact) mass is 289 g/mol. The third kappa shape index (κ3) is 4.89. The molecule has 1 amide bonds. The van der Waals surface area contributed by atoms with Crippen LogP contribution in [0.2, 0.25) is 0 Å². The third-order valence-corrected chi connectivity index (χ3v) is 2.75. The number of carbonyl (C=O) groups is 1. The fraction of sp³-hybridized carbons (Fsp3) is 0.188. The summed E-state index contributed by atoms with van der Waals surface area (Å²) in [5.74, 6) is -0.344. The summed E-state index contributed by atoms with van der Waals surface area (Å²) in [6, 6.07) is 14.9. The molecule has 2 aromatic rings. The number of ether oxygens (including phenoxy) is 1. The van der Waals surface area contributed by atoms with Crippen LogP contribution in [0.1, 0.15) is 12.5 Å². The van der Waals surface area contributed by atoms with Crippen molar-refractivity contribution in [2.45, 2.75) is 19.6 Å². The van der Waals surface area contributed by atoms with Gasteiger partial charge in [0.15, 0.2) is 6.10 Å². The average Bonchev–Trinajstić information content (AvgIpc) is 2.50. The highest BCUT2D eigenvalue weighted by atomic mass is 19.1. The first-order valence-corrected chi connectivity index (χ1v) is 6.53. The van der Waals surface area contributed by atoms with Gasteiger partial charge < -0.3 is 4.74 Å². The van der Waals surface area contributed by atoms with Crippen molar-refractivity contribution in [1.29, 1.82) is 0 Å². The molecule has 0 aliphatic heterocycles. The summed E-state index contributed by atoms with van der Waals surface area (Å²) in [5, 5.41) is 0. The van der Waals surface area contributed by atoms with Gasteiger partial charge in [0.05, 0.1) is 6.61 Å². The van der Waals surface area contributed by atoms with Crippen molar-refractivity contribution < 1.29 is 18.8 Å². The van der Waals surface area contributed by atoms with Gasteiger partial charge in [-0.15, -0.1) is 0 Å². The first-order valence-electron chi connectivity index (χ1n) is 6.53. The summed E-state index contributed by atoms with van der Waals surface area (Å²) in [4.78, 5) is 16.9. The van der Waals surface area contributed by atoms with Gasteiger partial charge in [0, 0.05) is 0 Å². The van der Waals surface area contributed by atoms with Crippen LogP contribution in [0.3, 0.4) is 0 Å². The lowest BCUT2D eigenvalue weighted by Gasteiger charge is -2.14. The zero-order valence-corrected chi connectivity index (χ0v) is 11.6. The third-order valence-electron chi connectivity index (χ3n) is 2.75. The molecule has 0 bridgehead atoms. The van der Waals surface area contributed by atoms with Gasteiger partial charge in [-0.1, -0.05) is 30.3 Å². The molecule has 2 rings (SSSR count). The molecular formula is C16H16FNO3. The van der Waals surface area contributed by atoms with E-state index >= 15 is 0 Å². The quantitative estimate of drug-likeness (QED) is 0.832. The zero-order valence-electron chi connectivity index (χ0n) is 11.6. The predicted octanol–water partition coefficient (Wildman–Crippen LogP) is 2.84. The zero-order chi connectivity index (χ0) is 15.1. The number of halogens is 1. The van der Waals surface area contributed by atoms with Crippen LogP contribution < -0.4 is 10.2 Å². The standard InChI is InChI=1S/C16H16FNO3/c1-12(21-15-9-7-14(17)8-10-15)16(19)18-20-11-13-5-3-2-4-6-13/h2-10,12H,11H2,1H3,(H,18,19). The Labute approximate surface area is 122 Å². The van der Waals surface area contributed by atoms with Crippen LogP contribution in [0.5, 0.6) is 5.75 Å². The van der Waals surface area contributed by atoms with Crippen LogP contribution in [0, 0.1) is 5.82 Å². The van der Waals surface area contributed by atoms with E-state index in [0.29, 0.717) is 5.75 Å². The fourth-order valence-corrected chi connectivity index (χ4v) is 1.62. The van der Waals surface area contributed by atoms with E-state index in [2.05, 4.69) is 5.48 Å². The molecule has 1 atom stereocenters. The molecule has 1 N–H and O–H groups in total. The molecule has 0 radical (unpaired) electrons. The summed E-state index contributed by atoms with van der Waals surface area (Å²) < 4.78 is 18.1. The van der Waals surface area contributed by atoms with Gasteiger partial charge in [-0.2, -0.15) is 0 Å². The van der Waals surface area contributed by atoms with Crippen LogP contribution in [0.15, 0.2) is 54.6 Å². The Hall–Kier alpha value is -2.40. The van der Waals surface area contributed by atoms with Crippen LogP contribution in [-0.4, -0.2) is 12.0 Å².